The number of hydrogen-bond donors (Lipinski definition) is 1. The normalized spacial score (nSPS) is 13.3. The average molecular weight is 349 g/mol. The van der Waals surface area contributed by atoms with Crippen LogP contribution in [-0.4, -0.2) is 32.6 Å². The molecular formula is C19H19N5O2. The number of carbonyl (C=O) groups excluding carboxylic acids is 1. The Morgan fingerprint density at radius 1 is 1.31 bits per heavy atom. The molecule has 1 N–H and O–H groups in total. The molecule has 1 aromatic carbocycles. The predicted molar refractivity (Wildman–Crippen MR) is 95.1 cm³/mol. The molecule has 3 heterocycles. The highest BCUT2D eigenvalue weighted by Crippen LogP contribution is 2.19. The van der Waals surface area contributed by atoms with Crippen LogP contribution in [0.2, 0.25) is 0 Å². The van der Waals surface area contributed by atoms with Crippen LogP contribution in [0.4, 0.5) is 4.79 Å². The van der Waals surface area contributed by atoms with Gasteiger partial charge in [-0.2, -0.15) is 0 Å². The molecule has 132 valence electrons. The average Bonchev–Trinajstić information content (AvgIpc) is 3.15. The number of hydrogen-bond acceptors (Lipinski definition) is 5. The van der Waals surface area contributed by atoms with E-state index in [1.807, 2.05) is 43.3 Å². The Morgan fingerprint density at radius 3 is 3.00 bits per heavy atom. The Labute approximate surface area is 151 Å². The number of fused-ring (bicyclic) bond motifs is 1. The van der Waals surface area contributed by atoms with E-state index >= 15 is 0 Å². The van der Waals surface area contributed by atoms with Crippen LogP contribution in [0.15, 0.2) is 47.1 Å². The van der Waals surface area contributed by atoms with Crippen LogP contribution >= 0.6 is 0 Å². The van der Waals surface area contributed by atoms with Gasteiger partial charge in [-0.3, -0.25) is 0 Å². The molecule has 2 amide bonds. The van der Waals surface area contributed by atoms with Gasteiger partial charge in [0.05, 0.1) is 18.8 Å². The van der Waals surface area contributed by atoms with Gasteiger partial charge in [-0.25, -0.2) is 14.8 Å². The summed E-state index contributed by atoms with van der Waals surface area (Å²) in [6.07, 6.45) is 2.55. The number of aromatic nitrogens is 3. The summed E-state index contributed by atoms with van der Waals surface area (Å²) in [6, 6.07) is 11.5. The maximum absolute atomic E-state index is 12.4. The summed E-state index contributed by atoms with van der Waals surface area (Å²) >= 11 is 0. The molecule has 0 saturated carbocycles. The minimum absolute atomic E-state index is 0.131. The monoisotopic (exact) mass is 349 g/mol. The second-order valence-corrected chi connectivity index (χ2v) is 6.26. The van der Waals surface area contributed by atoms with Crippen molar-refractivity contribution in [1.29, 1.82) is 0 Å². The van der Waals surface area contributed by atoms with Crippen molar-refractivity contribution in [3.8, 4) is 11.3 Å². The van der Waals surface area contributed by atoms with E-state index in [2.05, 4.69) is 20.4 Å². The second kappa shape index (κ2) is 6.95. The molecule has 3 aromatic rings. The summed E-state index contributed by atoms with van der Waals surface area (Å²) in [4.78, 5) is 22.9. The van der Waals surface area contributed by atoms with E-state index in [1.54, 1.807) is 11.1 Å². The molecule has 0 fully saturated rings. The molecule has 0 radical (unpaired) electrons. The predicted octanol–water partition coefficient (Wildman–Crippen LogP) is 2.71. The van der Waals surface area contributed by atoms with Crippen molar-refractivity contribution in [3.05, 3.63) is 65.4 Å². The summed E-state index contributed by atoms with van der Waals surface area (Å²) in [7, 11) is 0. The van der Waals surface area contributed by atoms with Crippen molar-refractivity contribution in [2.24, 2.45) is 0 Å². The van der Waals surface area contributed by atoms with Gasteiger partial charge < -0.3 is 14.7 Å². The van der Waals surface area contributed by atoms with E-state index in [0.717, 1.165) is 34.8 Å². The minimum Gasteiger partial charge on any atom is -0.359 e. The summed E-state index contributed by atoms with van der Waals surface area (Å²) in [6.45, 7) is 3.33. The minimum atomic E-state index is -0.131. The van der Waals surface area contributed by atoms with Crippen LogP contribution in [0.25, 0.3) is 11.3 Å². The smallest absolute Gasteiger partial charge is 0.318 e. The van der Waals surface area contributed by atoms with Gasteiger partial charge in [0.15, 0.2) is 5.76 Å². The van der Waals surface area contributed by atoms with Gasteiger partial charge in [0.2, 0.25) is 0 Å². The van der Waals surface area contributed by atoms with Gasteiger partial charge in [0.25, 0.3) is 0 Å². The first-order chi connectivity index (χ1) is 12.7. The first-order valence-electron chi connectivity index (χ1n) is 8.54. The number of rotatable bonds is 3. The number of nitrogens with one attached hydrogen (secondary N) is 1. The Kier molecular flexibility index (Phi) is 4.35. The van der Waals surface area contributed by atoms with Gasteiger partial charge in [-0.1, -0.05) is 35.5 Å². The van der Waals surface area contributed by atoms with Crippen LogP contribution in [0.3, 0.4) is 0 Å². The van der Waals surface area contributed by atoms with Crippen molar-refractivity contribution < 1.29 is 9.32 Å². The van der Waals surface area contributed by atoms with Crippen molar-refractivity contribution in [1.82, 2.24) is 25.3 Å². The molecule has 7 heteroatoms. The lowest BCUT2D eigenvalue weighted by molar-refractivity contribution is 0.190. The zero-order valence-electron chi connectivity index (χ0n) is 14.5. The molecule has 0 saturated heterocycles. The lowest BCUT2D eigenvalue weighted by Gasteiger charge is -2.28. The van der Waals surface area contributed by atoms with Crippen molar-refractivity contribution in [2.75, 3.05) is 6.54 Å². The lowest BCUT2D eigenvalue weighted by atomic mass is 10.1. The van der Waals surface area contributed by atoms with Gasteiger partial charge in [0, 0.05) is 36.4 Å². The standard InChI is InChI=1S/C19H19N5O2/c1-13-20-10-15-12-24(8-7-17(15)22-13)19(25)21-11-16-9-18(23-26-16)14-5-3-2-4-6-14/h2-6,9-10H,7-8,11-12H2,1H3,(H,21,25). The van der Waals surface area contributed by atoms with Crippen LogP contribution in [0.5, 0.6) is 0 Å². The fourth-order valence-corrected chi connectivity index (χ4v) is 3.01. The SMILES string of the molecule is Cc1ncc2c(n1)CCN(C(=O)NCc1cc(-c3ccccc3)no1)C2. The Hall–Kier alpha value is -3.22. The van der Waals surface area contributed by atoms with Crippen molar-refractivity contribution >= 4 is 6.03 Å². The van der Waals surface area contributed by atoms with Gasteiger partial charge in [0.1, 0.15) is 11.5 Å². The first kappa shape index (κ1) is 16.3. The van der Waals surface area contributed by atoms with Crippen LogP contribution in [0.1, 0.15) is 22.8 Å². The van der Waals surface area contributed by atoms with Gasteiger partial charge >= 0.3 is 6.03 Å². The molecule has 0 bridgehead atoms. The highest BCUT2D eigenvalue weighted by atomic mass is 16.5. The highest BCUT2D eigenvalue weighted by molar-refractivity contribution is 5.74. The summed E-state index contributed by atoms with van der Waals surface area (Å²) < 4.78 is 5.32. The largest absolute Gasteiger partial charge is 0.359 e. The third-order valence-electron chi connectivity index (χ3n) is 4.38. The fourth-order valence-electron chi connectivity index (χ4n) is 3.01. The number of nitrogens with zero attached hydrogens (tertiary/aromatic N) is 4. The Morgan fingerprint density at radius 2 is 2.15 bits per heavy atom. The molecule has 0 aliphatic carbocycles. The van der Waals surface area contributed by atoms with Gasteiger partial charge in [-0.15, -0.1) is 0 Å². The molecule has 1 aliphatic rings. The molecule has 0 atom stereocenters. The molecule has 1 aliphatic heterocycles. The maximum atomic E-state index is 12.4. The molecular weight excluding hydrogens is 330 g/mol. The number of aryl methyl sites for hydroxylation is 1. The third-order valence-corrected chi connectivity index (χ3v) is 4.38. The highest BCUT2D eigenvalue weighted by Gasteiger charge is 2.22. The molecule has 4 rings (SSSR count). The van der Waals surface area contributed by atoms with Crippen LogP contribution in [0, 0.1) is 6.92 Å². The number of amides is 2. The van der Waals surface area contributed by atoms with Crippen molar-refractivity contribution in [2.45, 2.75) is 26.4 Å². The zero-order chi connectivity index (χ0) is 17.9. The number of benzene rings is 1. The van der Waals surface area contributed by atoms with Crippen LogP contribution < -0.4 is 5.32 Å². The molecule has 0 spiro atoms. The summed E-state index contributed by atoms with van der Waals surface area (Å²) in [5, 5.41) is 6.95. The van der Waals surface area contributed by atoms with Crippen LogP contribution in [-0.2, 0) is 19.5 Å². The van der Waals surface area contributed by atoms with E-state index in [-0.39, 0.29) is 6.03 Å². The number of carbonyl (C=O) groups is 1. The van der Waals surface area contributed by atoms with Crippen molar-refractivity contribution in [3.63, 3.8) is 0 Å². The molecule has 7 nitrogen and oxygen atoms in total. The first-order valence-corrected chi connectivity index (χ1v) is 8.54. The number of urea groups is 1. The lowest BCUT2D eigenvalue weighted by Crippen LogP contribution is -2.42. The van der Waals surface area contributed by atoms with E-state index in [9.17, 15) is 4.79 Å². The van der Waals surface area contributed by atoms with E-state index in [0.29, 0.717) is 25.4 Å². The van der Waals surface area contributed by atoms with E-state index in [1.165, 1.54) is 0 Å². The zero-order valence-corrected chi connectivity index (χ0v) is 14.5. The Balaban J connectivity index is 1.36. The second-order valence-electron chi connectivity index (χ2n) is 6.26. The molecule has 2 aromatic heterocycles. The Bertz CT molecular complexity index is 923. The fraction of sp³-hybridized carbons (Fsp3) is 0.263. The summed E-state index contributed by atoms with van der Waals surface area (Å²) in [5.41, 5.74) is 3.78. The van der Waals surface area contributed by atoms with E-state index in [4.69, 9.17) is 4.52 Å². The topological polar surface area (TPSA) is 84.2 Å². The summed E-state index contributed by atoms with van der Waals surface area (Å²) in [5.74, 6) is 1.38. The third kappa shape index (κ3) is 3.42. The van der Waals surface area contributed by atoms with Gasteiger partial charge in [-0.05, 0) is 6.92 Å². The van der Waals surface area contributed by atoms with E-state index < -0.39 is 0 Å². The maximum Gasteiger partial charge on any atom is 0.318 e. The molecule has 26 heavy (non-hydrogen) atoms. The quantitative estimate of drug-likeness (QED) is 0.786. The molecule has 0 unspecified atom stereocenters.